The van der Waals surface area contributed by atoms with Crippen LogP contribution in [0, 0.1) is 6.92 Å². The number of nitrogens with one attached hydrogen (secondary N) is 1. The number of ether oxygens (including phenoxy) is 1. The molecule has 3 aromatic rings. The molecule has 2 aromatic carbocycles. The molecule has 27 heavy (non-hydrogen) atoms. The summed E-state index contributed by atoms with van der Waals surface area (Å²) >= 11 is 0. The number of hydrogen-bond acceptors (Lipinski definition) is 3. The third-order valence-corrected chi connectivity index (χ3v) is 4.60. The van der Waals surface area contributed by atoms with E-state index in [4.69, 9.17) is 4.74 Å². The molecule has 0 spiro atoms. The van der Waals surface area contributed by atoms with Gasteiger partial charge in [-0.05, 0) is 43.2 Å². The van der Waals surface area contributed by atoms with E-state index in [1.807, 2.05) is 29.9 Å². The highest BCUT2D eigenvalue weighted by Crippen LogP contribution is 2.19. The van der Waals surface area contributed by atoms with Gasteiger partial charge in [0.25, 0.3) is 5.91 Å². The van der Waals surface area contributed by atoms with E-state index in [9.17, 15) is 4.79 Å². The molecule has 5 nitrogen and oxygen atoms in total. The minimum absolute atomic E-state index is 0.00237. The van der Waals surface area contributed by atoms with Crippen molar-refractivity contribution in [3.63, 3.8) is 0 Å². The maximum atomic E-state index is 12.6. The molecule has 0 saturated carbocycles. The van der Waals surface area contributed by atoms with E-state index in [1.54, 1.807) is 18.3 Å². The first kappa shape index (κ1) is 18.7. The van der Waals surface area contributed by atoms with Crippen LogP contribution in [0.3, 0.4) is 0 Å². The summed E-state index contributed by atoms with van der Waals surface area (Å²) in [5.41, 5.74) is 2.94. The third-order valence-electron chi connectivity index (χ3n) is 4.60. The molecule has 0 aliphatic rings. The summed E-state index contributed by atoms with van der Waals surface area (Å²) in [6.45, 7) is 4.51. The SMILES string of the molecule is CCC(NC(=O)c1ccc(OCc2nccn2C)cc1)c1ccc(C)cc1. The molecule has 1 unspecified atom stereocenters. The first-order chi connectivity index (χ1) is 13.1. The van der Waals surface area contributed by atoms with Crippen LogP contribution >= 0.6 is 0 Å². The Morgan fingerprint density at radius 1 is 1.15 bits per heavy atom. The topological polar surface area (TPSA) is 56.1 Å². The average molecular weight is 363 g/mol. The van der Waals surface area contributed by atoms with Crippen LogP contribution in [0.15, 0.2) is 60.9 Å². The van der Waals surface area contributed by atoms with Crippen LogP contribution in [0.5, 0.6) is 5.75 Å². The van der Waals surface area contributed by atoms with Gasteiger partial charge in [-0.3, -0.25) is 4.79 Å². The number of aryl methyl sites for hydroxylation is 2. The fourth-order valence-corrected chi connectivity index (χ4v) is 2.85. The van der Waals surface area contributed by atoms with Gasteiger partial charge >= 0.3 is 0 Å². The fourth-order valence-electron chi connectivity index (χ4n) is 2.85. The summed E-state index contributed by atoms with van der Waals surface area (Å²) in [4.78, 5) is 16.8. The highest BCUT2D eigenvalue weighted by molar-refractivity contribution is 5.94. The predicted octanol–water partition coefficient (Wildman–Crippen LogP) is 4.19. The largest absolute Gasteiger partial charge is 0.486 e. The van der Waals surface area contributed by atoms with E-state index in [-0.39, 0.29) is 11.9 Å². The lowest BCUT2D eigenvalue weighted by atomic mass is 10.0. The third kappa shape index (κ3) is 4.76. The maximum absolute atomic E-state index is 12.6. The first-order valence-electron chi connectivity index (χ1n) is 9.13. The van der Waals surface area contributed by atoms with Gasteiger partial charge in [-0.15, -0.1) is 0 Å². The second-order valence-electron chi connectivity index (χ2n) is 6.61. The predicted molar refractivity (Wildman–Crippen MR) is 106 cm³/mol. The van der Waals surface area contributed by atoms with Crippen LogP contribution in [-0.4, -0.2) is 15.5 Å². The van der Waals surface area contributed by atoms with E-state index < -0.39 is 0 Å². The molecule has 140 valence electrons. The number of benzene rings is 2. The number of hydrogen-bond donors (Lipinski definition) is 1. The molecule has 0 bridgehead atoms. The van der Waals surface area contributed by atoms with Crippen LogP contribution in [0.4, 0.5) is 0 Å². The second kappa shape index (κ2) is 8.54. The average Bonchev–Trinajstić information content (AvgIpc) is 3.10. The summed E-state index contributed by atoms with van der Waals surface area (Å²) in [6, 6.07) is 15.5. The zero-order valence-electron chi connectivity index (χ0n) is 16.0. The number of amides is 1. The quantitative estimate of drug-likeness (QED) is 0.685. The number of rotatable bonds is 7. The number of carbonyl (C=O) groups is 1. The highest BCUT2D eigenvalue weighted by Gasteiger charge is 2.14. The number of aromatic nitrogens is 2. The summed E-state index contributed by atoms with van der Waals surface area (Å²) < 4.78 is 7.65. The Labute approximate surface area is 160 Å². The van der Waals surface area contributed by atoms with Gasteiger partial charge in [0, 0.05) is 25.0 Å². The summed E-state index contributed by atoms with van der Waals surface area (Å²) in [7, 11) is 1.93. The van der Waals surface area contributed by atoms with E-state index in [0.717, 1.165) is 17.8 Å². The van der Waals surface area contributed by atoms with Crippen molar-refractivity contribution in [3.8, 4) is 5.75 Å². The van der Waals surface area contributed by atoms with Gasteiger partial charge in [-0.25, -0.2) is 4.98 Å². The minimum Gasteiger partial charge on any atom is -0.486 e. The normalized spacial score (nSPS) is 11.8. The molecule has 1 N–H and O–H groups in total. The van der Waals surface area contributed by atoms with Gasteiger partial charge in [0.05, 0.1) is 6.04 Å². The Morgan fingerprint density at radius 2 is 1.85 bits per heavy atom. The Bertz CT molecular complexity index is 883. The lowest BCUT2D eigenvalue weighted by Gasteiger charge is -2.18. The van der Waals surface area contributed by atoms with Crippen molar-refractivity contribution in [1.82, 2.24) is 14.9 Å². The molecule has 0 aliphatic carbocycles. The zero-order chi connectivity index (χ0) is 19.2. The van der Waals surface area contributed by atoms with Gasteiger partial charge in [-0.2, -0.15) is 0 Å². The van der Waals surface area contributed by atoms with Crippen molar-refractivity contribution in [3.05, 3.63) is 83.4 Å². The van der Waals surface area contributed by atoms with Crippen molar-refractivity contribution in [2.45, 2.75) is 32.9 Å². The smallest absolute Gasteiger partial charge is 0.251 e. The van der Waals surface area contributed by atoms with E-state index in [2.05, 4.69) is 48.4 Å². The van der Waals surface area contributed by atoms with Crippen LogP contribution in [0.25, 0.3) is 0 Å². The molecular weight excluding hydrogens is 338 g/mol. The molecule has 1 aromatic heterocycles. The second-order valence-corrected chi connectivity index (χ2v) is 6.61. The summed E-state index contributed by atoms with van der Waals surface area (Å²) in [5, 5.41) is 3.11. The molecule has 5 heteroatoms. The van der Waals surface area contributed by atoms with Gasteiger partial charge in [-0.1, -0.05) is 36.8 Å². The molecule has 1 atom stereocenters. The van der Waals surface area contributed by atoms with E-state index >= 15 is 0 Å². The molecule has 3 rings (SSSR count). The van der Waals surface area contributed by atoms with E-state index in [1.165, 1.54) is 5.56 Å². The molecule has 0 saturated heterocycles. The zero-order valence-corrected chi connectivity index (χ0v) is 16.0. The lowest BCUT2D eigenvalue weighted by Crippen LogP contribution is -2.28. The van der Waals surface area contributed by atoms with Crippen molar-refractivity contribution in [2.24, 2.45) is 7.05 Å². The Kier molecular flexibility index (Phi) is 5.91. The number of imidazole rings is 1. The summed E-state index contributed by atoms with van der Waals surface area (Å²) in [5.74, 6) is 1.47. The van der Waals surface area contributed by atoms with Crippen molar-refractivity contribution in [1.29, 1.82) is 0 Å². The van der Waals surface area contributed by atoms with Crippen LogP contribution in [0.1, 0.15) is 46.7 Å². The Hall–Kier alpha value is -3.08. The van der Waals surface area contributed by atoms with Gasteiger partial charge in [0.1, 0.15) is 18.2 Å². The van der Waals surface area contributed by atoms with Gasteiger partial charge < -0.3 is 14.6 Å². The molecule has 0 radical (unpaired) electrons. The van der Waals surface area contributed by atoms with E-state index in [0.29, 0.717) is 17.9 Å². The van der Waals surface area contributed by atoms with Gasteiger partial charge in [0.2, 0.25) is 0 Å². The lowest BCUT2D eigenvalue weighted by molar-refractivity contribution is 0.0935. The van der Waals surface area contributed by atoms with Crippen molar-refractivity contribution in [2.75, 3.05) is 0 Å². The standard InChI is InChI=1S/C22H25N3O2/c1-4-20(17-7-5-16(2)6-8-17)24-22(26)18-9-11-19(12-10-18)27-15-21-23-13-14-25(21)3/h5-14,20H,4,15H2,1-3H3,(H,24,26). The molecule has 1 heterocycles. The monoisotopic (exact) mass is 363 g/mol. The molecular formula is C22H25N3O2. The molecule has 1 amide bonds. The van der Waals surface area contributed by atoms with Crippen LogP contribution in [0.2, 0.25) is 0 Å². The first-order valence-corrected chi connectivity index (χ1v) is 9.13. The van der Waals surface area contributed by atoms with Crippen LogP contribution in [-0.2, 0) is 13.7 Å². The summed E-state index contributed by atoms with van der Waals surface area (Å²) in [6.07, 6.45) is 4.45. The number of nitrogens with zero attached hydrogens (tertiary/aromatic N) is 2. The fraction of sp³-hybridized carbons (Fsp3) is 0.273. The number of carbonyl (C=O) groups excluding carboxylic acids is 1. The molecule has 0 fully saturated rings. The minimum atomic E-state index is -0.0851. The Balaban J connectivity index is 1.61. The van der Waals surface area contributed by atoms with Crippen molar-refractivity contribution < 1.29 is 9.53 Å². The maximum Gasteiger partial charge on any atom is 0.251 e. The highest BCUT2D eigenvalue weighted by atomic mass is 16.5. The van der Waals surface area contributed by atoms with Crippen molar-refractivity contribution >= 4 is 5.91 Å². The molecule has 0 aliphatic heterocycles. The van der Waals surface area contributed by atoms with Crippen LogP contribution < -0.4 is 10.1 Å². The van der Waals surface area contributed by atoms with Gasteiger partial charge in [0.15, 0.2) is 0 Å². The Morgan fingerprint density at radius 3 is 2.44 bits per heavy atom.